The number of carbonyl (C=O) groups is 2. The van der Waals surface area contributed by atoms with E-state index >= 15 is 0 Å². The highest BCUT2D eigenvalue weighted by Crippen LogP contribution is 2.36. The number of nitrogens with two attached hydrogens (primary N) is 1. The summed E-state index contributed by atoms with van der Waals surface area (Å²) in [6, 6.07) is 15.5. The molecule has 1 aliphatic carbocycles. The van der Waals surface area contributed by atoms with E-state index in [1.807, 2.05) is 55.5 Å². The lowest BCUT2D eigenvalue weighted by atomic mass is 9.88. The molecule has 2 atom stereocenters. The molecule has 176 valence electrons. The van der Waals surface area contributed by atoms with Crippen LogP contribution in [0.15, 0.2) is 48.5 Å². The van der Waals surface area contributed by atoms with Gasteiger partial charge in [0.2, 0.25) is 0 Å². The van der Waals surface area contributed by atoms with Crippen LogP contribution >= 0.6 is 0 Å². The normalized spacial score (nSPS) is 18.9. The Hall–Kier alpha value is -3.81. The summed E-state index contributed by atoms with van der Waals surface area (Å²) in [6.45, 7) is 2.99. The summed E-state index contributed by atoms with van der Waals surface area (Å²) in [7, 11) is 0. The Labute approximate surface area is 198 Å². The van der Waals surface area contributed by atoms with Gasteiger partial charge in [0.05, 0.1) is 11.6 Å². The van der Waals surface area contributed by atoms with Crippen LogP contribution < -0.4 is 16.4 Å². The molecule has 4 N–H and O–H groups in total. The Balaban J connectivity index is 1.27. The fraction of sp³-hybridized carbons (Fsp3) is 0.346. The molecule has 8 heteroatoms. The molecule has 0 bridgehead atoms. The zero-order valence-corrected chi connectivity index (χ0v) is 19.2. The SMILES string of the molecule is Cc1cccc2c1NCC[C@@H]2C(=O)n1nc2c(c1N)C[C@@H](NC(=O)OCc1ccccc1)CC2. The zero-order valence-electron chi connectivity index (χ0n) is 19.2. The number of nitrogen functional groups attached to an aromatic ring is 1. The second kappa shape index (κ2) is 9.21. The second-order valence-corrected chi connectivity index (χ2v) is 9.01. The minimum atomic E-state index is -0.457. The molecular formula is C26H29N5O3. The average molecular weight is 460 g/mol. The minimum absolute atomic E-state index is 0.105. The molecule has 0 radical (unpaired) electrons. The summed E-state index contributed by atoms with van der Waals surface area (Å²) in [6.07, 6.45) is 2.12. The summed E-state index contributed by atoms with van der Waals surface area (Å²) >= 11 is 0. The Kier molecular flexibility index (Phi) is 5.96. The zero-order chi connectivity index (χ0) is 23.7. The van der Waals surface area contributed by atoms with Crippen molar-refractivity contribution < 1.29 is 14.3 Å². The number of rotatable bonds is 4. The van der Waals surface area contributed by atoms with Crippen molar-refractivity contribution in [1.82, 2.24) is 15.1 Å². The van der Waals surface area contributed by atoms with Crippen LogP contribution in [0.4, 0.5) is 16.3 Å². The van der Waals surface area contributed by atoms with Crippen LogP contribution in [-0.2, 0) is 24.2 Å². The number of amides is 1. The monoisotopic (exact) mass is 459 g/mol. The quantitative estimate of drug-likeness (QED) is 0.547. The van der Waals surface area contributed by atoms with E-state index in [-0.39, 0.29) is 24.5 Å². The van der Waals surface area contributed by atoms with Crippen LogP contribution in [0.5, 0.6) is 0 Å². The van der Waals surface area contributed by atoms with Crippen molar-refractivity contribution in [2.24, 2.45) is 0 Å². The van der Waals surface area contributed by atoms with Crippen LogP contribution in [0.3, 0.4) is 0 Å². The molecular weight excluding hydrogens is 430 g/mol. The van der Waals surface area contributed by atoms with Gasteiger partial charge in [0.25, 0.3) is 5.91 Å². The van der Waals surface area contributed by atoms with Crippen molar-refractivity contribution in [1.29, 1.82) is 0 Å². The van der Waals surface area contributed by atoms with E-state index in [4.69, 9.17) is 10.5 Å². The molecule has 0 saturated carbocycles. The minimum Gasteiger partial charge on any atom is -0.445 e. The maximum Gasteiger partial charge on any atom is 0.407 e. The molecule has 3 aromatic rings. The number of alkyl carbamates (subject to hydrolysis) is 1. The van der Waals surface area contributed by atoms with Gasteiger partial charge in [-0.2, -0.15) is 9.78 Å². The number of aryl methyl sites for hydroxylation is 2. The van der Waals surface area contributed by atoms with Gasteiger partial charge in [-0.25, -0.2) is 4.79 Å². The number of nitrogens with one attached hydrogen (secondary N) is 2. The molecule has 1 aliphatic heterocycles. The van der Waals surface area contributed by atoms with E-state index in [1.54, 1.807) is 0 Å². The largest absolute Gasteiger partial charge is 0.445 e. The Morgan fingerprint density at radius 2 is 2.00 bits per heavy atom. The highest BCUT2D eigenvalue weighted by atomic mass is 16.5. The first-order chi connectivity index (χ1) is 16.5. The predicted octanol–water partition coefficient (Wildman–Crippen LogP) is 3.80. The molecule has 5 rings (SSSR count). The Morgan fingerprint density at radius 3 is 2.82 bits per heavy atom. The number of aromatic nitrogens is 2. The second-order valence-electron chi connectivity index (χ2n) is 9.01. The van der Waals surface area contributed by atoms with Crippen LogP contribution in [-0.4, -0.2) is 34.4 Å². The summed E-state index contributed by atoms with van der Waals surface area (Å²) in [5.41, 5.74) is 12.2. The van der Waals surface area contributed by atoms with E-state index in [0.29, 0.717) is 31.5 Å². The number of ether oxygens (including phenoxy) is 1. The number of benzene rings is 2. The van der Waals surface area contributed by atoms with Crippen molar-refractivity contribution in [2.75, 3.05) is 17.6 Å². The van der Waals surface area contributed by atoms with Gasteiger partial charge in [-0.1, -0.05) is 48.5 Å². The number of nitrogens with zero attached hydrogens (tertiary/aromatic N) is 2. The molecule has 0 spiro atoms. The molecule has 2 aliphatic rings. The number of para-hydroxylation sites is 1. The molecule has 1 aromatic heterocycles. The number of carbonyl (C=O) groups excluding carboxylic acids is 2. The smallest absolute Gasteiger partial charge is 0.407 e. The molecule has 0 saturated heterocycles. The van der Waals surface area contributed by atoms with Crippen LogP contribution in [0.25, 0.3) is 0 Å². The van der Waals surface area contributed by atoms with Gasteiger partial charge in [-0.15, -0.1) is 0 Å². The van der Waals surface area contributed by atoms with Crippen molar-refractivity contribution in [3.63, 3.8) is 0 Å². The lowest BCUT2D eigenvalue weighted by Crippen LogP contribution is -2.39. The van der Waals surface area contributed by atoms with Gasteiger partial charge in [-0.3, -0.25) is 4.79 Å². The number of hydrogen-bond acceptors (Lipinski definition) is 6. The number of anilines is 2. The molecule has 0 fully saturated rings. The molecule has 8 nitrogen and oxygen atoms in total. The van der Waals surface area contributed by atoms with E-state index in [0.717, 1.165) is 40.2 Å². The van der Waals surface area contributed by atoms with E-state index < -0.39 is 6.09 Å². The first kappa shape index (κ1) is 22.0. The van der Waals surface area contributed by atoms with Crippen molar-refractivity contribution in [2.45, 2.75) is 51.2 Å². The lowest BCUT2D eigenvalue weighted by molar-refractivity contribution is 0.0859. The highest BCUT2D eigenvalue weighted by molar-refractivity contribution is 5.90. The van der Waals surface area contributed by atoms with Gasteiger partial charge in [0, 0.05) is 23.8 Å². The van der Waals surface area contributed by atoms with Crippen molar-refractivity contribution in [3.8, 4) is 0 Å². The fourth-order valence-electron chi connectivity index (χ4n) is 4.94. The molecule has 2 heterocycles. The van der Waals surface area contributed by atoms with Gasteiger partial charge in [0.15, 0.2) is 0 Å². The van der Waals surface area contributed by atoms with Crippen LogP contribution in [0, 0.1) is 6.92 Å². The van der Waals surface area contributed by atoms with Gasteiger partial charge in [-0.05, 0) is 49.3 Å². The third kappa shape index (κ3) is 4.23. The number of hydrogen-bond donors (Lipinski definition) is 3. The summed E-state index contributed by atoms with van der Waals surface area (Å²) in [4.78, 5) is 25.8. The maximum atomic E-state index is 13.5. The number of fused-ring (bicyclic) bond motifs is 2. The molecule has 0 unspecified atom stereocenters. The van der Waals surface area contributed by atoms with Gasteiger partial charge >= 0.3 is 6.09 Å². The lowest BCUT2D eigenvalue weighted by Gasteiger charge is -2.27. The first-order valence-electron chi connectivity index (χ1n) is 11.7. The summed E-state index contributed by atoms with van der Waals surface area (Å²) < 4.78 is 6.73. The fourth-order valence-corrected chi connectivity index (χ4v) is 4.94. The standard InChI is InChI=1S/C26H29N5O3/c1-16-6-5-9-19-20(12-13-28-23(16)19)25(32)31-24(27)21-14-18(10-11-22(21)30-31)29-26(33)34-15-17-7-3-2-4-8-17/h2-9,18,20,28H,10-15,27H2,1H3,(H,29,33)/t18-,20-/m0/s1. The maximum absolute atomic E-state index is 13.5. The summed E-state index contributed by atoms with van der Waals surface area (Å²) in [5, 5.41) is 10.9. The topological polar surface area (TPSA) is 111 Å². The van der Waals surface area contributed by atoms with Crippen LogP contribution in [0.2, 0.25) is 0 Å². The van der Waals surface area contributed by atoms with E-state index in [2.05, 4.69) is 15.7 Å². The van der Waals surface area contributed by atoms with Gasteiger partial charge < -0.3 is 21.1 Å². The molecule has 1 amide bonds. The highest BCUT2D eigenvalue weighted by Gasteiger charge is 2.33. The molecule has 2 aromatic carbocycles. The average Bonchev–Trinajstić information content (AvgIpc) is 3.19. The van der Waals surface area contributed by atoms with Crippen molar-refractivity contribution >= 4 is 23.5 Å². The van der Waals surface area contributed by atoms with Crippen LogP contribution in [0.1, 0.15) is 51.5 Å². The van der Waals surface area contributed by atoms with E-state index in [1.165, 1.54) is 4.68 Å². The third-order valence-electron chi connectivity index (χ3n) is 6.74. The molecule has 34 heavy (non-hydrogen) atoms. The summed E-state index contributed by atoms with van der Waals surface area (Å²) in [5.74, 6) is -0.0226. The van der Waals surface area contributed by atoms with E-state index in [9.17, 15) is 9.59 Å². The first-order valence-corrected chi connectivity index (χ1v) is 11.7. The Bertz CT molecular complexity index is 1220. The Morgan fingerprint density at radius 1 is 1.18 bits per heavy atom. The predicted molar refractivity (Wildman–Crippen MR) is 130 cm³/mol. The third-order valence-corrected chi connectivity index (χ3v) is 6.74. The van der Waals surface area contributed by atoms with Gasteiger partial charge in [0.1, 0.15) is 12.4 Å². The van der Waals surface area contributed by atoms with Crippen molar-refractivity contribution in [3.05, 3.63) is 76.5 Å².